The topological polar surface area (TPSA) is 12.0 Å². The zero-order valence-corrected chi connectivity index (χ0v) is 13.7. The molecule has 0 fully saturated rings. The van der Waals surface area contributed by atoms with Gasteiger partial charge in [0.15, 0.2) is 0 Å². The first-order valence-corrected chi connectivity index (χ1v) is 10.0. The summed E-state index contributed by atoms with van der Waals surface area (Å²) in [5.74, 6) is 0. The molecular weight excluding hydrogens is 246 g/mol. The molecule has 0 spiro atoms. The molecule has 0 bridgehead atoms. The van der Waals surface area contributed by atoms with Crippen molar-refractivity contribution in [3.05, 3.63) is 53.2 Å². The molecule has 19 heavy (non-hydrogen) atoms. The summed E-state index contributed by atoms with van der Waals surface area (Å²) in [6, 6.07) is 10.7. The lowest BCUT2D eigenvalue weighted by Gasteiger charge is -2.34. The van der Waals surface area contributed by atoms with E-state index in [0.29, 0.717) is 0 Å². The van der Waals surface area contributed by atoms with E-state index >= 15 is 0 Å². The smallest absolute Gasteiger partial charge is 0.148 e. The summed E-state index contributed by atoms with van der Waals surface area (Å²) in [5.41, 5.74) is 2.90. The molecule has 2 rings (SSSR count). The quantitative estimate of drug-likeness (QED) is 0.796. The summed E-state index contributed by atoms with van der Waals surface area (Å²) in [6.45, 7) is 11.6. The van der Waals surface area contributed by atoms with Gasteiger partial charge in [-0.15, -0.1) is 0 Å². The van der Waals surface area contributed by atoms with Crippen molar-refractivity contribution in [2.45, 2.75) is 45.8 Å². The van der Waals surface area contributed by atoms with Crippen LogP contribution in [0.2, 0.25) is 13.1 Å². The van der Waals surface area contributed by atoms with Crippen molar-refractivity contribution in [3.8, 4) is 0 Å². The predicted octanol–water partition coefficient (Wildman–Crippen LogP) is 4.53. The molecule has 0 heterocycles. The largest absolute Gasteiger partial charge is 0.329 e. The molecule has 1 nitrogen and oxygen atoms in total. The van der Waals surface area contributed by atoms with E-state index in [1.165, 1.54) is 11.1 Å². The first kappa shape index (κ1) is 14.3. The van der Waals surface area contributed by atoms with E-state index in [2.05, 4.69) is 81.3 Å². The van der Waals surface area contributed by atoms with Crippen LogP contribution in [-0.4, -0.2) is 13.8 Å². The number of rotatable bonds is 3. The Balaban J connectivity index is 2.18. The minimum atomic E-state index is -1.52. The Morgan fingerprint density at radius 2 is 1.68 bits per heavy atom. The van der Waals surface area contributed by atoms with Crippen LogP contribution < -0.4 is 4.98 Å². The molecule has 2 heteroatoms. The van der Waals surface area contributed by atoms with Crippen LogP contribution in [0.4, 0.5) is 0 Å². The molecule has 1 aliphatic rings. The van der Waals surface area contributed by atoms with Gasteiger partial charge in [-0.25, -0.2) is 0 Å². The van der Waals surface area contributed by atoms with Gasteiger partial charge in [-0.2, -0.15) is 0 Å². The zero-order valence-electron chi connectivity index (χ0n) is 12.7. The summed E-state index contributed by atoms with van der Waals surface area (Å²) < 4.78 is 0. The minimum Gasteiger partial charge on any atom is -0.329 e. The molecule has 0 saturated carbocycles. The van der Waals surface area contributed by atoms with Crippen LogP contribution >= 0.6 is 0 Å². The van der Waals surface area contributed by atoms with Crippen LogP contribution in [0.1, 0.15) is 32.8 Å². The molecule has 0 unspecified atom stereocenters. The van der Waals surface area contributed by atoms with Crippen molar-refractivity contribution in [1.82, 2.24) is 4.98 Å². The van der Waals surface area contributed by atoms with Crippen molar-refractivity contribution in [1.29, 1.82) is 0 Å². The number of allylic oxidation sites excluding steroid dienone is 4. The van der Waals surface area contributed by atoms with Crippen LogP contribution in [0, 0.1) is 0 Å². The standard InChI is InChI=1S/C17H25NSi/c1-17(2,3)18-19(4,5)16-12-11-15(13-16)14-9-7-6-8-10-14/h6-11,13,18H,12H2,1-5H3. The Bertz CT molecular complexity index is 504. The highest BCUT2D eigenvalue weighted by atomic mass is 28.3. The van der Waals surface area contributed by atoms with Crippen molar-refractivity contribution >= 4 is 13.8 Å². The van der Waals surface area contributed by atoms with Gasteiger partial charge in [0, 0.05) is 5.54 Å². The van der Waals surface area contributed by atoms with Crippen LogP contribution in [0.3, 0.4) is 0 Å². The van der Waals surface area contributed by atoms with Gasteiger partial charge < -0.3 is 4.98 Å². The fraction of sp³-hybridized carbons (Fsp3) is 0.412. The van der Waals surface area contributed by atoms with E-state index in [-0.39, 0.29) is 5.54 Å². The molecule has 102 valence electrons. The fourth-order valence-electron chi connectivity index (χ4n) is 2.81. The monoisotopic (exact) mass is 271 g/mol. The van der Waals surface area contributed by atoms with E-state index in [9.17, 15) is 0 Å². The van der Waals surface area contributed by atoms with Gasteiger partial charge in [-0.1, -0.05) is 60.8 Å². The van der Waals surface area contributed by atoms with Crippen molar-refractivity contribution in [3.63, 3.8) is 0 Å². The zero-order chi connectivity index (χ0) is 14.1. The van der Waals surface area contributed by atoms with Gasteiger partial charge >= 0.3 is 0 Å². The lowest BCUT2D eigenvalue weighted by atomic mass is 10.1. The SMILES string of the molecule is CC(C)(C)N[Si](C)(C)C1=CC(c2ccccc2)=CC1. The summed E-state index contributed by atoms with van der Waals surface area (Å²) >= 11 is 0. The molecule has 0 saturated heterocycles. The van der Waals surface area contributed by atoms with Crippen molar-refractivity contribution in [2.24, 2.45) is 0 Å². The maximum atomic E-state index is 3.85. The molecule has 0 radical (unpaired) electrons. The molecule has 0 atom stereocenters. The fourth-order valence-corrected chi connectivity index (χ4v) is 5.97. The van der Waals surface area contributed by atoms with Gasteiger partial charge in [0.25, 0.3) is 0 Å². The number of hydrogen-bond donors (Lipinski definition) is 1. The van der Waals surface area contributed by atoms with E-state index < -0.39 is 8.24 Å². The van der Waals surface area contributed by atoms with Crippen LogP contribution in [0.5, 0.6) is 0 Å². The lowest BCUT2D eigenvalue weighted by Crippen LogP contribution is -2.55. The molecule has 1 aliphatic carbocycles. The molecule has 0 amide bonds. The predicted molar refractivity (Wildman–Crippen MR) is 87.5 cm³/mol. The number of hydrogen-bond acceptors (Lipinski definition) is 1. The second kappa shape index (κ2) is 5.10. The third kappa shape index (κ3) is 3.68. The average molecular weight is 271 g/mol. The molecule has 1 aromatic carbocycles. The van der Waals surface area contributed by atoms with E-state index in [0.717, 1.165) is 6.42 Å². The Labute approximate surface area is 118 Å². The molecule has 1 aromatic rings. The maximum Gasteiger partial charge on any atom is 0.148 e. The van der Waals surface area contributed by atoms with Gasteiger partial charge in [0.2, 0.25) is 0 Å². The molecule has 0 aromatic heterocycles. The Morgan fingerprint density at radius 1 is 1.05 bits per heavy atom. The average Bonchev–Trinajstić information content (AvgIpc) is 2.77. The minimum absolute atomic E-state index is 0.187. The molecular formula is C17H25NSi. The summed E-state index contributed by atoms with van der Waals surface area (Å²) in [5, 5.41) is 1.60. The molecule has 0 aliphatic heterocycles. The van der Waals surface area contributed by atoms with Crippen LogP contribution in [-0.2, 0) is 0 Å². The normalized spacial score (nSPS) is 16.3. The maximum absolute atomic E-state index is 3.85. The lowest BCUT2D eigenvalue weighted by molar-refractivity contribution is 0.513. The van der Waals surface area contributed by atoms with Crippen LogP contribution in [0.25, 0.3) is 5.57 Å². The summed E-state index contributed by atoms with van der Waals surface area (Å²) in [4.78, 5) is 3.85. The number of benzene rings is 1. The summed E-state index contributed by atoms with van der Waals surface area (Å²) in [6.07, 6.45) is 5.87. The van der Waals surface area contributed by atoms with E-state index in [1.807, 2.05) is 0 Å². The highest BCUT2D eigenvalue weighted by Crippen LogP contribution is 2.31. The Kier molecular flexibility index (Phi) is 3.84. The van der Waals surface area contributed by atoms with Crippen molar-refractivity contribution in [2.75, 3.05) is 0 Å². The third-order valence-corrected chi connectivity index (χ3v) is 6.80. The van der Waals surface area contributed by atoms with Gasteiger partial charge in [0.05, 0.1) is 0 Å². The second-order valence-corrected chi connectivity index (χ2v) is 11.0. The summed E-state index contributed by atoms with van der Waals surface area (Å²) in [7, 11) is -1.52. The highest BCUT2D eigenvalue weighted by molar-refractivity contribution is 6.82. The first-order valence-electron chi connectivity index (χ1n) is 7.04. The Hall–Kier alpha value is -1.12. The first-order chi connectivity index (χ1) is 8.78. The van der Waals surface area contributed by atoms with Gasteiger partial charge in [-0.05, 0) is 38.3 Å². The van der Waals surface area contributed by atoms with Crippen molar-refractivity contribution < 1.29 is 0 Å². The highest BCUT2D eigenvalue weighted by Gasteiger charge is 2.31. The number of nitrogens with one attached hydrogen (secondary N) is 1. The second-order valence-electron chi connectivity index (χ2n) is 6.90. The third-order valence-electron chi connectivity index (χ3n) is 3.47. The van der Waals surface area contributed by atoms with E-state index in [4.69, 9.17) is 0 Å². The molecule has 1 N–H and O–H groups in total. The van der Waals surface area contributed by atoms with Gasteiger partial charge in [-0.3, -0.25) is 0 Å². The van der Waals surface area contributed by atoms with Gasteiger partial charge in [0.1, 0.15) is 8.24 Å². The van der Waals surface area contributed by atoms with Crippen LogP contribution in [0.15, 0.2) is 47.7 Å². The van der Waals surface area contributed by atoms with E-state index in [1.54, 1.807) is 5.20 Å². The Morgan fingerprint density at radius 3 is 2.26 bits per heavy atom.